The molecule has 5 nitrogen and oxygen atoms in total. The summed E-state index contributed by atoms with van der Waals surface area (Å²) in [7, 11) is 0. The van der Waals surface area contributed by atoms with Gasteiger partial charge in [-0.3, -0.25) is 9.78 Å². The maximum Gasteiger partial charge on any atom is 0.241 e. The van der Waals surface area contributed by atoms with Crippen molar-refractivity contribution in [3.8, 4) is 11.6 Å². The molecular weight excluding hydrogens is 309 g/mol. The first-order chi connectivity index (χ1) is 11.7. The Morgan fingerprint density at radius 2 is 2.21 bits per heavy atom. The highest BCUT2D eigenvalue weighted by Crippen LogP contribution is 2.32. The summed E-state index contributed by atoms with van der Waals surface area (Å²) in [4.78, 5) is 22.5. The fourth-order valence-electron chi connectivity index (χ4n) is 2.99. The molecular formula is C18H20FN3O2. The second-order valence-corrected chi connectivity index (χ2v) is 5.84. The fraction of sp³-hybridized carbons (Fsp3) is 0.389. The number of nitrogens with zero attached hydrogens (tertiary/aromatic N) is 3. The van der Waals surface area contributed by atoms with Gasteiger partial charge < -0.3 is 9.64 Å². The van der Waals surface area contributed by atoms with Crippen molar-refractivity contribution in [2.75, 3.05) is 13.1 Å². The van der Waals surface area contributed by atoms with Crippen molar-refractivity contribution in [2.45, 2.75) is 32.1 Å². The third kappa shape index (κ3) is 3.69. The van der Waals surface area contributed by atoms with Crippen LogP contribution in [0.1, 0.15) is 37.8 Å². The second-order valence-electron chi connectivity index (χ2n) is 5.84. The number of hydrogen-bond acceptors (Lipinski definition) is 4. The Morgan fingerprint density at radius 1 is 1.38 bits per heavy atom. The molecule has 6 heteroatoms. The maximum absolute atomic E-state index is 13.3. The predicted octanol–water partition coefficient (Wildman–Crippen LogP) is 3.52. The average Bonchev–Trinajstić information content (AvgIpc) is 2.61. The number of piperidine rings is 1. The summed E-state index contributed by atoms with van der Waals surface area (Å²) in [6, 6.07) is 5.93. The Balaban J connectivity index is 1.82. The average molecular weight is 329 g/mol. The van der Waals surface area contributed by atoms with Gasteiger partial charge in [-0.2, -0.15) is 0 Å². The summed E-state index contributed by atoms with van der Waals surface area (Å²) in [5, 5.41) is 0. The topological polar surface area (TPSA) is 55.3 Å². The van der Waals surface area contributed by atoms with E-state index in [2.05, 4.69) is 9.97 Å². The standard InChI is InChI=1S/C18H20FN3O2/c1-2-16(23)22-10-4-5-13(12-22)17-18(21-9-8-20-17)24-15-7-3-6-14(19)11-15/h3,6-9,11,13H,2,4-5,10,12H2,1H3. The zero-order valence-electron chi connectivity index (χ0n) is 13.6. The van der Waals surface area contributed by atoms with E-state index in [-0.39, 0.29) is 17.6 Å². The number of ether oxygens (including phenoxy) is 1. The first-order valence-electron chi connectivity index (χ1n) is 8.19. The van der Waals surface area contributed by atoms with Gasteiger partial charge in [-0.05, 0) is 25.0 Å². The van der Waals surface area contributed by atoms with E-state index in [0.29, 0.717) is 24.6 Å². The summed E-state index contributed by atoms with van der Waals surface area (Å²) in [6.45, 7) is 3.27. The lowest BCUT2D eigenvalue weighted by Crippen LogP contribution is -2.39. The molecule has 1 amide bonds. The largest absolute Gasteiger partial charge is 0.437 e. The van der Waals surface area contributed by atoms with Crippen molar-refractivity contribution < 1.29 is 13.9 Å². The number of likely N-dealkylation sites (tertiary alicyclic amines) is 1. The van der Waals surface area contributed by atoms with E-state index in [9.17, 15) is 9.18 Å². The molecule has 1 unspecified atom stereocenters. The molecule has 0 aliphatic carbocycles. The number of carbonyl (C=O) groups is 1. The number of halogens is 1. The van der Waals surface area contributed by atoms with Crippen LogP contribution in [0.5, 0.6) is 11.6 Å². The van der Waals surface area contributed by atoms with Gasteiger partial charge in [0.25, 0.3) is 0 Å². The van der Waals surface area contributed by atoms with Crippen molar-refractivity contribution in [3.63, 3.8) is 0 Å². The lowest BCUT2D eigenvalue weighted by Gasteiger charge is -2.32. The number of benzene rings is 1. The molecule has 1 saturated heterocycles. The van der Waals surface area contributed by atoms with Crippen molar-refractivity contribution in [3.05, 3.63) is 48.2 Å². The van der Waals surface area contributed by atoms with Crippen molar-refractivity contribution in [2.24, 2.45) is 0 Å². The van der Waals surface area contributed by atoms with Gasteiger partial charge in [0, 0.05) is 43.9 Å². The van der Waals surface area contributed by atoms with Gasteiger partial charge in [0.1, 0.15) is 17.3 Å². The van der Waals surface area contributed by atoms with E-state index in [0.717, 1.165) is 25.1 Å². The molecule has 1 fully saturated rings. The van der Waals surface area contributed by atoms with E-state index in [1.54, 1.807) is 24.5 Å². The Morgan fingerprint density at radius 3 is 3.00 bits per heavy atom. The van der Waals surface area contributed by atoms with Gasteiger partial charge >= 0.3 is 0 Å². The van der Waals surface area contributed by atoms with Crippen LogP contribution >= 0.6 is 0 Å². The fourth-order valence-corrected chi connectivity index (χ4v) is 2.99. The van der Waals surface area contributed by atoms with Crippen LogP contribution in [0.4, 0.5) is 4.39 Å². The first kappa shape index (κ1) is 16.4. The van der Waals surface area contributed by atoms with Gasteiger partial charge in [-0.15, -0.1) is 0 Å². The van der Waals surface area contributed by atoms with Crippen molar-refractivity contribution in [1.82, 2.24) is 14.9 Å². The molecule has 2 aromatic rings. The Kier molecular flexibility index (Phi) is 5.03. The minimum atomic E-state index is -0.365. The zero-order chi connectivity index (χ0) is 16.9. The number of carbonyl (C=O) groups excluding carboxylic acids is 1. The summed E-state index contributed by atoms with van der Waals surface area (Å²) in [6.07, 6.45) is 5.52. The maximum atomic E-state index is 13.3. The zero-order valence-corrected chi connectivity index (χ0v) is 13.6. The van der Waals surface area contributed by atoms with Crippen LogP contribution < -0.4 is 4.74 Å². The highest BCUT2D eigenvalue weighted by atomic mass is 19.1. The van der Waals surface area contributed by atoms with Gasteiger partial charge in [-0.25, -0.2) is 9.37 Å². The smallest absolute Gasteiger partial charge is 0.241 e. The van der Waals surface area contributed by atoms with E-state index < -0.39 is 0 Å². The van der Waals surface area contributed by atoms with Gasteiger partial charge in [0.15, 0.2) is 0 Å². The predicted molar refractivity (Wildman–Crippen MR) is 87.4 cm³/mol. The van der Waals surface area contributed by atoms with E-state index in [4.69, 9.17) is 4.74 Å². The molecule has 126 valence electrons. The van der Waals surface area contributed by atoms with Crippen LogP contribution in [0.15, 0.2) is 36.7 Å². The quantitative estimate of drug-likeness (QED) is 0.861. The number of amides is 1. The number of aromatic nitrogens is 2. The summed E-state index contributed by atoms with van der Waals surface area (Å²) >= 11 is 0. The molecule has 0 saturated carbocycles. The molecule has 24 heavy (non-hydrogen) atoms. The SMILES string of the molecule is CCC(=O)N1CCCC(c2nccnc2Oc2cccc(F)c2)C1. The van der Waals surface area contributed by atoms with E-state index >= 15 is 0 Å². The second kappa shape index (κ2) is 7.38. The lowest BCUT2D eigenvalue weighted by atomic mass is 9.94. The molecule has 0 radical (unpaired) electrons. The first-order valence-corrected chi connectivity index (χ1v) is 8.19. The third-order valence-electron chi connectivity index (χ3n) is 4.17. The van der Waals surface area contributed by atoms with Crippen molar-refractivity contribution in [1.29, 1.82) is 0 Å². The molecule has 1 aliphatic rings. The summed E-state index contributed by atoms with van der Waals surface area (Å²) in [5.74, 6) is 0.617. The van der Waals surface area contributed by atoms with Crippen LogP contribution in [-0.4, -0.2) is 33.9 Å². The van der Waals surface area contributed by atoms with Gasteiger partial charge in [0.05, 0.1) is 0 Å². The molecule has 0 N–H and O–H groups in total. The Hall–Kier alpha value is -2.50. The van der Waals surface area contributed by atoms with Crippen LogP contribution in [0, 0.1) is 5.82 Å². The molecule has 1 aliphatic heterocycles. The molecule has 0 spiro atoms. The highest BCUT2D eigenvalue weighted by molar-refractivity contribution is 5.76. The Labute approximate surface area is 140 Å². The van der Waals surface area contributed by atoms with Gasteiger partial charge in [-0.1, -0.05) is 13.0 Å². The van der Waals surface area contributed by atoms with Crippen LogP contribution in [0.2, 0.25) is 0 Å². The molecule has 3 rings (SSSR count). The lowest BCUT2D eigenvalue weighted by molar-refractivity contribution is -0.132. The van der Waals surface area contributed by atoms with Crippen LogP contribution in [-0.2, 0) is 4.79 Å². The van der Waals surface area contributed by atoms with Crippen molar-refractivity contribution >= 4 is 5.91 Å². The number of hydrogen-bond donors (Lipinski definition) is 0. The third-order valence-corrected chi connectivity index (χ3v) is 4.17. The minimum absolute atomic E-state index is 0.0755. The minimum Gasteiger partial charge on any atom is -0.437 e. The van der Waals surface area contributed by atoms with E-state index in [1.807, 2.05) is 11.8 Å². The monoisotopic (exact) mass is 329 g/mol. The summed E-state index contributed by atoms with van der Waals surface area (Å²) in [5.41, 5.74) is 0.718. The number of rotatable bonds is 4. The molecule has 2 heterocycles. The van der Waals surface area contributed by atoms with Crippen LogP contribution in [0.25, 0.3) is 0 Å². The highest BCUT2D eigenvalue weighted by Gasteiger charge is 2.27. The molecule has 1 aromatic carbocycles. The van der Waals surface area contributed by atoms with Gasteiger partial charge in [0.2, 0.25) is 11.8 Å². The molecule has 0 bridgehead atoms. The Bertz CT molecular complexity index is 723. The molecule has 1 atom stereocenters. The normalized spacial score (nSPS) is 17.6. The van der Waals surface area contributed by atoms with E-state index in [1.165, 1.54) is 12.1 Å². The van der Waals surface area contributed by atoms with Crippen LogP contribution in [0.3, 0.4) is 0 Å². The molecule has 1 aromatic heterocycles. The summed E-state index contributed by atoms with van der Waals surface area (Å²) < 4.78 is 19.1.